The summed E-state index contributed by atoms with van der Waals surface area (Å²) in [5.41, 5.74) is 5.25. The number of hydrogen-bond donors (Lipinski definition) is 1. The first-order valence-corrected chi connectivity index (χ1v) is 5.57. The Hall–Kier alpha value is -0.950. The zero-order valence-corrected chi connectivity index (χ0v) is 10.7. The topological polar surface area (TPSA) is 0 Å². The van der Waals surface area contributed by atoms with Crippen LogP contribution < -0.4 is 0 Å². The van der Waals surface area contributed by atoms with Gasteiger partial charge in [0, 0.05) is 4.90 Å². The van der Waals surface area contributed by atoms with Gasteiger partial charge in [0.05, 0.1) is 0 Å². The molecule has 0 N–H and O–H groups in total. The molecule has 15 heavy (non-hydrogen) atoms. The third-order valence-electron chi connectivity index (χ3n) is 2.54. The van der Waals surface area contributed by atoms with Crippen molar-refractivity contribution in [1.29, 1.82) is 0 Å². The molecule has 0 spiro atoms. The minimum absolute atomic E-state index is 1.01. The lowest BCUT2D eigenvalue weighted by molar-refractivity contribution is 1.29. The molecule has 0 bridgehead atoms. The van der Waals surface area contributed by atoms with Crippen molar-refractivity contribution in [2.24, 2.45) is 0 Å². The molecular formula is C14H18S. The molecular weight excluding hydrogens is 200 g/mol. The van der Waals surface area contributed by atoms with E-state index in [2.05, 4.69) is 58.5 Å². The van der Waals surface area contributed by atoms with E-state index in [-0.39, 0.29) is 0 Å². The Kier molecular flexibility index (Phi) is 4.22. The van der Waals surface area contributed by atoms with Gasteiger partial charge in [-0.2, -0.15) is 0 Å². The van der Waals surface area contributed by atoms with Crippen molar-refractivity contribution in [3.63, 3.8) is 0 Å². The summed E-state index contributed by atoms with van der Waals surface area (Å²) in [5.74, 6) is 0. The second-order valence-corrected chi connectivity index (χ2v) is 4.57. The predicted molar refractivity (Wildman–Crippen MR) is 71.4 cm³/mol. The van der Waals surface area contributed by atoms with Gasteiger partial charge in [-0.05, 0) is 51.0 Å². The minimum Gasteiger partial charge on any atom is -0.143 e. The van der Waals surface area contributed by atoms with Gasteiger partial charge >= 0.3 is 0 Å². The predicted octanol–water partition coefficient (Wildman–Crippen LogP) is 4.73. The smallest absolute Gasteiger partial charge is 0.00403 e. The van der Waals surface area contributed by atoms with Crippen LogP contribution in [0.3, 0.4) is 0 Å². The van der Waals surface area contributed by atoms with Crippen molar-refractivity contribution in [1.82, 2.24) is 0 Å². The van der Waals surface area contributed by atoms with Crippen LogP contribution >= 0.6 is 12.6 Å². The SMILES string of the molecule is CC(C)=C(C)/C=C(\C)c1ccc(S)cc1. The molecule has 1 heteroatoms. The van der Waals surface area contributed by atoms with E-state index in [4.69, 9.17) is 0 Å². The van der Waals surface area contributed by atoms with E-state index < -0.39 is 0 Å². The van der Waals surface area contributed by atoms with Crippen molar-refractivity contribution < 1.29 is 0 Å². The molecule has 0 aliphatic heterocycles. The maximum Gasteiger partial charge on any atom is 0.00403 e. The molecule has 0 fully saturated rings. The number of rotatable bonds is 2. The third-order valence-corrected chi connectivity index (χ3v) is 2.84. The fourth-order valence-corrected chi connectivity index (χ4v) is 1.43. The third kappa shape index (κ3) is 3.60. The van der Waals surface area contributed by atoms with Crippen molar-refractivity contribution in [2.45, 2.75) is 32.6 Å². The van der Waals surface area contributed by atoms with Gasteiger partial charge in [-0.1, -0.05) is 29.4 Å². The lowest BCUT2D eigenvalue weighted by Gasteiger charge is -2.03. The number of hydrogen-bond acceptors (Lipinski definition) is 1. The Labute approximate surface area is 98.1 Å². The van der Waals surface area contributed by atoms with Crippen LogP contribution in [-0.4, -0.2) is 0 Å². The molecule has 0 saturated heterocycles. The first-order valence-electron chi connectivity index (χ1n) is 5.12. The first-order chi connectivity index (χ1) is 7.00. The zero-order chi connectivity index (χ0) is 11.4. The van der Waals surface area contributed by atoms with Gasteiger partial charge in [-0.3, -0.25) is 0 Å². The summed E-state index contributed by atoms with van der Waals surface area (Å²) in [6.45, 7) is 8.55. The Balaban J connectivity index is 2.99. The first kappa shape index (κ1) is 12.1. The fourth-order valence-electron chi connectivity index (χ4n) is 1.28. The normalized spacial score (nSPS) is 11.4. The van der Waals surface area contributed by atoms with Gasteiger partial charge < -0.3 is 0 Å². The van der Waals surface area contributed by atoms with Crippen LogP contribution in [0, 0.1) is 0 Å². The van der Waals surface area contributed by atoms with Crippen molar-refractivity contribution in [3.8, 4) is 0 Å². The molecule has 0 radical (unpaired) electrons. The molecule has 0 atom stereocenters. The zero-order valence-electron chi connectivity index (χ0n) is 9.83. The minimum atomic E-state index is 1.01. The van der Waals surface area contributed by atoms with Crippen LogP contribution in [0.15, 0.2) is 46.4 Å². The molecule has 0 aliphatic rings. The molecule has 0 heterocycles. The van der Waals surface area contributed by atoms with Gasteiger partial charge in [0.15, 0.2) is 0 Å². The summed E-state index contributed by atoms with van der Waals surface area (Å²) < 4.78 is 0. The summed E-state index contributed by atoms with van der Waals surface area (Å²) in [6.07, 6.45) is 2.23. The second kappa shape index (κ2) is 5.22. The van der Waals surface area contributed by atoms with Crippen LogP contribution in [0.2, 0.25) is 0 Å². The summed E-state index contributed by atoms with van der Waals surface area (Å²) in [7, 11) is 0. The highest BCUT2D eigenvalue weighted by atomic mass is 32.1. The van der Waals surface area contributed by atoms with E-state index in [9.17, 15) is 0 Å². The van der Waals surface area contributed by atoms with Crippen LogP contribution in [0.5, 0.6) is 0 Å². The standard InChI is InChI=1S/C14H18S/c1-10(2)11(3)9-12(4)13-5-7-14(15)8-6-13/h5-9,15H,1-4H3/b12-9+. The Morgan fingerprint density at radius 3 is 2.00 bits per heavy atom. The van der Waals surface area contributed by atoms with Crippen molar-refractivity contribution in [3.05, 3.63) is 47.1 Å². The van der Waals surface area contributed by atoms with Gasteiger partial charge in [-0.15, -0.1) is 12.6 Å². The molecule has 1 aromatic carbocycles. The summed E-state index contributed by atoms with van der Waals surface area (Å²) in [6, 6.07) is 8.25. The summed E-state index contributed by atoms with van der Waals surface area (Å²) >= 11 is 4.27. The highest BCUT2D eigenvalue weighted by molar-refractivity contribution is 7.80. The van der Waals surface area contributed by atoms with E-state index >= 15 is 0 Å². The van der Waals surface area contributed by atoms with Crippen LogP contribution in [0.4, 0.5) is 0 Å². The van der Waals surface area contributed by atoms with Gasteiger partial charge in [-0.25, -0.2) is 0 Å². The second-order valence-electron chi connectivity index (χ2n) is 4.06. The van der Waals surface area contributed by atoms with Gasteiger partial charge in [0.25, 0.3) is 0 Å². The molecule has 0 aromatic heterocycles. The lowest BCUT2D eigenvalue weighted by atomic mass is 10.0. The average Bonchev–Trinajstić information content (AvgIpc) is 2.18. The molecule has 0 saturated carbocycles. The molecule has 1 rings (SSSR count). The lowest BCUT2D eigenvalue weighted by Crippen LogP contribution is -1.81. The van der Waals surface area contributed by atoms with Gasteiger partial charge in [0.2, 0.25) is 0 Å². The molecule has 0 nitrogen and oxygen atoms in total. The highest BCUT2D eigenvalue weighted by Crippen LogP contribution is 2.18. The van der Waals surface area contributed by atoms with E-state index in [1.165, 1.54) is 22.3 Å². The highest BCUT2D eigenvalue weighted by Gasteiger charge is 1.96. The fraction of sp³-hybridized carbons (Fsp3) is 0.286. The van der Waals surface area contributed by atoms with E-state index in [0.717, 1.165) is 4.90 Å². The van der Waals surface area contributed by atoms with E-state index in [1.807, 2.05) is 12.1 Å². The van der Waals surface area contributed by atoms with Crippen LogP contribution in [0.25, 0.3) is 5.57 Å². The van der Waals surface area contributed by atoms with Crippen LogP contribution in [-0.2, 0) is 0 Å². The molecule has 1 aromatic rings. The molecule has 0 amide bonds. The van der Waals surface area contributed by atoms with Gasteiger partial charge in [0.1, 0.15) is 0 Å². The maximum atomic E-state index is 4.27. The monoisotopic (exact) mass is 218 g/mol. The summed E-state index contributed by atoms with van der Waals surface area (Å²) in [4.78, 5) is 1.01. The maximum absolute atomic E-state index is 4.27. The Bertz CT molecular complexity index is 390. The number of thiol groups is 1. The Morgan fingerprint density at radius 1 is 1.00 bits per heavy atom. The van der Waals surface area contributed by atoms with Crippen molar-refractivity contribution >= 4 is 18.2 Å². The number of allylic oxidation sites excluding steroid dienone is 4. The van der Waals surface area contributed by atoms with E-state index in [1.54, 1.807) is 0 Å². The summed E-state index contributed by atoms with van der Waals surface area (Å²) in [5, 5.41) is 0. The van der Waals surface area contributed by atoms with E-state index in [0.29, 0.717) is 0 Å². The Morgan fingerprint density at radius 2 is 1.53 bits per heavy atom. The van der Waals surface area contributed by atoms with Crippen molar-refractivity contribution in [2.75, 3.05) is 0 Å². The largest absolute Gasteiger partial charge is 0.143 e. The van der Waals surface area contributed by atoms with Crippen LogP contribution in [0.1, 0.15) is 33.3 Å². The molecule has 0 unspecified atom stereocenters. The number of benzene rings is 1. The quantitative estimate of drug-likeness (QED) is 0.538. The molecule has 0 aliphatic carbocycles. The average molecular weight is 218 g/mol. The molecule has 80 valence electrons.